The van der Waals surface area contributed by atoms with Crippen molar-refractivity contribution in [2.24, 2.45) is 45.2 Å². The highest BCUT2D eigenvalue weighted by molar-refractivity contribution is 5.87. The summed E-state index contributed by atoms with van der Waals surface area (Å²) < 4.78 is 0. The van der Waals surface area contributed by atoms with E-state index in [2.05, 4.69) is 10.6 Å². The molecule has 0 saturated carbocycles. The molecule has 0 aromatic heterocycles. The lowest BCUT2D eigenvalue weighted by Gasteiger charge is -2.33. The minimum atomic E-state index is -1.33. The van der Waals surface area contributed by atoms with E-state index >= 15 is 0 Å². The summed E-state index contributed by atoms with van der Waals surface area (Å²) in [6, 6.07) is 5.40. The van der Waals surface area contributed by atoms with E-state index in [9.17, 15) is 19.5 Å². The summed E-state index contributed by atoms with van der Waals surface area (Å²) in [5.41, 5.74) is 32.3. The number of benzene rings is 1. The largest absolute Gasteiger partial charge is 0.508 e. The van der Waals surface area contributed by atoms with E-state index in [1.807, 2.05) is 0 Å². The zero-order chi connectivity index (χ0) is 23.7. The molecule has 31 heavy (non-hydrogen) atoms. The van der Waals surface area contributed by atoms with Crippen LogP contribution in [-0.4, -0.2) is 68.1 Å². The van der Waals surface area contributed by atoms with Gasteiger partial charge < -0.3 is 50.1 Å². The third-order valence-corrected chi connectivity index (χ3v) is 5.48. The molecular weight excluding hydrogens is 404 g/mol. The quantitative estimate of drug-likeness (QED) is 0.144. The van der Waals surface area contributed by atoms with Gasteiger partial charge in [-0.1, -0.05) is 12.1 Å². The smallest absolute Gasteiger partial charge is 0.237 e. The fourth-order valence-corrected chi connectivity index (χ4v) is 2.81. The van der Waals surface area contributed by atoms with Gasteiger partial charge in [-0.25, -0.2) is 0 Å². The SMILES string of the molecule is NCC(CN)(CNC(=O)C(CN)(CN)CNC(=O)[C@@H](N)Cc1ccc(O)cc1)C(N)=O. The molecule has 15 N–H and O–H groups in total. The molecule has 0 bridgehead atoms. The van der Waals surface area contributed by atoms with Crippen molar-refractivity contribution < 1.29 is 19.5 Å². The summed E-state index contributed by atoms with van der Waals surface area (Å²) >= 11 is 0. The van der Waals surface area contributed by atoms with Crippen LogP contribution in [0.25, 0.3) is 0 Å². The van der Waals surface area contributed by atoms with Gasteiger partial charge in [-0.05, 0) is 24.1 Å². The molecule has 0 aliphatic rings. The molecule has 0 spiro atoms. The Morgan fingerprint density at radius 2 is 1.35 bits per heavy atom. The van der Waals surface area contributed by atoms with Crippen LogP contribution >= 0.6 is 0 Å². The van der Waals surface area contributed by atoms with Crippen LogP contribution < -0.4 is 45.0 Å². The molecule has 12 heteroatoms. The van der Waals surface area contributed by atoms with E-state index in [0.29, 0.717) is 0 Å². The van der Waals surface area contributed by atoms with Gasteiger partial charge in [-0.15, -0.1) is 0 Å². The van der Waals surface area contributed by atoms with Crippen LogP contribution in [-0.2, 0) is 20.8 Å². The van der Waals surface area contributed by atoms with Gasteiger partial charge in [0, 0.05) is 39.3 Å². The van der Waals surface area contributed by atoms with E-state index in [-0.39, 0.29) is 51.4 Å². The Balaban J connectivity index is 2.78. The standard InChI is InChI=1S/C19H34N8O4/c20-6-18(7-21,16(25)30)10-27-17(31)19(8-22,9-23)11-26-15(29)14(24)5-12-1-3-13(28)4-2-12/h1-4,14,28H,5-11,20-24H2,(H2,25,30)(H,26,29)(H,27,31)/t14-/m0/s1. The van der Waals surface area contributed by atoms with E-state index in [0.717, 1.165) is 5.56 Å². The summed E-state index contributed by atoms with van der Waals surface area (Å²) in [5, 5.41) is 14.5. The molecule has 1 aromatic rings. The molecule has 12 nitrogen and oxygen atoms in total. The number of nitrogens with two attached hydrogens (primary N) is 6. The van der Waals surface area contributed by atoms with Crippen molar-refractivity contribution in [3.05, 3.63) is 29.8 Å². The maximum absolute atomic E-state index is 12.8. The molecule has 0 heterocycles. The maximum Gasteiger partial charge on any atom is 0.237 e. The Kier molecular flexibility index (Phi) is 9.81. The van der Waals surface area contributed by atoms with Crippen molar-refractivity contribution in [3.8, 4) is 5.75 Å². The summed E-state index contributed by atoms with van der Waals surface area (Å²) in [4.78, 5) is 37.0. The van der Waals surface area contributed by atoms with Crippen LogP contribution in [0.4, 0.5) is 0 Å². The lowest BCUT2D eigenvalue weighted by atomic mass is 9.84. The highest BCUT2D eigenvalue weighted by Gasteiger charge is 2.40. The first kappa shape index (κ1) is 26.3. The van der Waals surface area contributed by atoms with Crippen molar-refractivity contribution in [1.82, 2.24) is 10.6 Å². The predicted octanol–water partition coefficient (Wildman–Crippen LogP) is -4.21. The molecule has 0 saturated heterocycles. The molecule has 0 unspecified atom stereocenters. The number of phenolic OH excluding ortho intramolecular Hbond substituents is 1. The summed E-state index contributed by atoms with van der Waals surface area (Å²) in [6.07, 6.45) is 0.227. The fourth-order valence-electron chi connectivity index (χ4n) is 2.81. The topological polar surface area (TPSA) is 252 Å². The van der Waals surface area contributed by atoms with E-state index in [1.165, 1.54) is 12.1 Å². The predicted molar refractivity (Wildman–Crippen MR) is 116 cm³/mol. The van der Waals surface area contributed by atoms with Gasteiger partial charge in [0.25, 0.3) is 0 Å². The van der Waals surface area contributed by atoms with Crippen LogP contribution in [0.5, 0.6) is 5.75 Å². The van der Waals surface area contributed by atoms with Crippen LogP contribution in [0.15, 0.2) is 24.3 Å². The van der Waals surface area contributed by atoms with E-state index in [1.54, 1.807) is 12.1 Å². The third-order valence-electron chi connectivity index (χ3n) is 5.48. The minimum absolute atomic E-state index is 0.105. The monoisotopic (exact) mass is 438 g/mol. The van der Waals surface area contributed by atoms with Gasteiger partial charge in [0.1, 0.15) is 5.75 Å². The molecule has 1 aromatic carbocycles. The van der Waals surface area contributed by atoms with E-state index < -0.39 is 34.6 Å². The average Bonchev–Trinajstić information content (AvgIpc) is 2.76. The number of hydrogen-bond donors (Lipinski definition) is 9. The molecule has 3 amide bonds. The summed E-state index contributed by atoms with van der Waals surface area (Å²) in [6.45, 7) is -0.997. The number of primary amides is 1. The number of phenols is 1. The number of nitrogens with one attached hydrogen (secondary N) is 2. The first-order valence-electron chi connectivity index (χ1n) is 9.79. The Bertz CT molecular complexity index is 748. The van der Waals surface area contributed by atoms with Crippen molar-refractivity contribution >= 4 is 17.7 Å². The zero-order valence-corrected chi connectivity index (χ0v) is 17.5. The van der Waals surface area contributed by atoms with Gasteiger partial charge in [0.2, 0.25) is 17.7 Å². The number of rotatable bonds is 13. The van der Waals surface area contributed by atoms with Crippen molar-refractivity contribution in [2.45, 2.75) is 12.5 Å². The lowest BCUT2D eigenvalue weighted by molar-refractivity contribution is -0.132. The van der Waals surface area contributed by atoms with Gasteiger partial charge in [0.05, 0.1) is 16.9 Å². The molecule has 0 radical (unpaired) electrons. The Hall–Kier alpha value is -2.77. The minimum Gasteiger partial charge on any atom is -0.508 e. The number of hydrogen-bond acceptors (Lipinski definition) is 9. The second-order valence-corrected chi connectivity index (χ2v) is 7.62. The second-order valence-electron chi connectivity index (χ2n) is 7.62. The highest BCUT2D eigenvalue weighted by atomic mass is 16.3. The highest BCUT2D eigenvalue weighted by Crippen LogP contribution is 2.17. The average molecular weight is 439 g/mol. The normalized spacial score (nSPS) is 12.8. The van der Waals surface area contributed by atoms with Crippen molar-refractivity contribution in [2.75, 3.05) is 39.3 Å². The zero-order valence-electron chi connectivity index (χ0n) is 17.5. The van der Waals surface area contributed by atoms with Crippen molar-refractivity contribution in [3.63, 3.8) is 0 Å². The summed E-state index contributed by atoms with van der Waals surface area (Å²) in [5.74, 6) is -1.70. The number of amides is 3. The third kappa shape index (κ3) is 6.60. The van der Waals surface area contributed by atoms with Gasteiger partial charge in [-0.2, -0.15) is 0 Å². The molecule has 0 fully saturated rings. The number of aromatic hydroxyl groups is 1. The van der Waals surface area contributed by atoms with Crippen molar-refractivity contribution in [1.29, 1.82) is 0 Å². The van der Waals surface area contributed by atoms with Crippen LogP contribution in [0.1, 0.15) is 5.56 Å². The molecule has 174 valence electrons. The number of carbonyl (C=O) groups excluding carboxylic acids is 3. The Morgan fingerprint density at radius 1 is 0.871 bits per heavy atom. The summed E-state index contributed by atoms with van der Waals surface area (Å²) in [7, 11) is 0. The van der Waals surface area contributed by atoms with Gasteiger partial charge in [0.15, 0.2) is 0 Å². The first-order valence-corrected chi connectivity index (χ1v) is 9.79. The van der Waals surface area contributed by atoms with Gasteiger partial charge >= 0.3 is 0 Å². The van der Waals surface area contributed by atoms with Crippen LogP contribution in [0.2, 0.25) is 0 Å². The Morgan fingerprint density at radius 3 is 1.81 bits per heavy atom. The maximum atomic E-state index is 12.8. The molecular formula is C19H34N8O4. The van der Waals surface area contributed by atoms with E-state index in [4.69, 9.17) is 34.4 Å². The molecule has 0 aliphatic carbocycles. The molecule has 1 atom stereocenters. The van der Waals surface area contributed by atoms with Crippen LogP contribution in [0.3, 0.4) is 0 Å². The number of carbonyl (C=O) groups is 3. The molecule has 0 aliphatic heterocycles. The molecule has 1 rings (SSSR count). The lowest BCUT2D eigenvalue weighted by Crippen LogP contribution is -2.61. The van der Waals surface area contributed by atoms with Gasteiger partial charge in [-0.3, -0.25) is 14.4 Å². The second kappa shape index (κ2) is 11.6. The fraction of sp³-hybridized carbons (Fsp3) is 0.526. The van der Waals surface area contributed by atoms with Crippen LogP contribution in [0, 0.1) is 10.8 Å². The first-order chi connectivity index (χ1) is 14.6. The Labute approximate surface area is 181 Å².